The van der Waals surface area contributed by atoms with Crippen LogP contribution in [0.3, 0.4) is 0 Å². The van der Waals surface area contributed by atoms with Gasteiger partial charge in [-0.3, -0.25) is 4.79 Å². The highest BCUT2D eigenvalue weighted by Gasteiger charge is 2.21. The number of H-pyrrole nitrogens is 1. The fraction of sp³-hybridized carbons (Fsp3) is 0.100. The summed E-state index contributed by atoms with van der Waals surface area (Å²) >= 11 is 3.22. The first-order valence-electron chi connectivity index (χ1n) is 8.24. The number of carbonyl (C=O) groups excluding carboxylic acids is 1. The normalized spacial score (nSPS) is 12.2. The quantitative estimate of drug-likeness (QED) is 0.504. The molecule has 0 radical (unpaired) electrons. The zero-order chi connectivity index (χ0) is 17.9. The molecule has 1 atom stereocenters. The maximum Gasteiger partial charge on any atom is 0.287 e. The highest BCUT2D eigenvalue weighted by molar-refractivity contribution is 9.10. The van der Waals surface area contributed by atoms with E-state index in [4.69, 9.17) is 4.42 Å². The largest absolute Gasteiger partial charge is 0.444 e. The van der Waals surface area contributed by atoms with E-state index in [0.29, 0.717) is 16.9 Å². The summed E-state index contributed by atoms with van der Waals surface area (Å²) < 4.78 is 5.88. The average Bonchev–Trinajstić information content (AvgIpc) is 3.28. The molecule has 26 heavy (non-hydrogen) atoms. The second-order valence-corrected chi connectivity index (χ2v) is 6.74. The molecular formula is C20H16BrN3O2. The molecule has 0 saturated carbocycles. The van der Waals surface area contributed by atoms with Gasteiger partial charge in [0.1, 0.15) is 5.82 Å². The molecule has 1 amide bonds. The standard InChI is InChI=1S/C20H16BrN3O2/c21-18-11-10-17(26-18)20(25)24-16(12-13-6-2-1-3-7-13)19-22-14-8-4-5-9-15(14)23-19/h1-11,16H,12H2,(H,22,23)(H,24,25)/t16-/m0/s1. The van der Waals surface area contributed by atoms with E-state index in [0.717, 1.165) is 16.6 Å². The van der Waals surface area contributed by atoms with E-state index in [2.05, 4.69) is 31.2 Å². The number of para-hydroxylation sites is 2. The lowest BCUT2D eigenvalue weighted by Gasteiger charge is -2.16. The number of rotatable bonds is 5. The van der Waals surface area contributed by atoms with Crippen molar-refractivity contribution in [2.24, 2.45) is 0 Å². The minimum atomic E-state index is -0.304. The number of nitrogens with one attached hydrogen (secondary N) is 2. The average molecular weight is 410 g/mol. The van der Waals surface area contributed by atoms with Crippen LogP contribution in [0.1, 0.15) is 28.0 Å². The number of hydrogen-bond donors (Lipinski definition) is 2. The summed E-state index contributed by atoms with van der Waals surface area (Å²) in [6, 6.07) is 20.8. The van der Waals surface area contributed by atoms with Gasteiger partial charge in [0.15, 0.2) is 10.4 Å². The monoisotopic (exact) mass is 409 g/mol. The van der Waals surface area contributed by atoms with Crippen molar-refractivity contribution in [3.63, 3.8) is 0 Å². The molecule has 0 aliphatic heterocycles. The van der Waals surface area contributed by atoms with E-state index in [-0.39, 0.29) is 17.7 Å². The van der Waals surface area contributed by atoms with Crippen LogP contribution in [-0.4, -0.2) is 15.9 Å². The molecule has 0 unspecified atom stereocenters. The van der Waals surface area contributed by atoms with E-state index >= 15 is 0 Å². The van der Waals surface area contributed by atoms with E-state index in [9.17, 15) is 4.79 Å². The van der Waals surface area contributed by atoms with Crippen LogP contribution in [0.15, 0.2) is 75.8 Å². The lowest BCUT2D eigenvalue weighted by Crippen LogP contribution is -2.30. The number of carbonyl (C=O) groups is 1. The molecule has 0 bridgehead atoms. The molecule has 2 heterocycles. The molecule has 2 aromatic heterocycles. The Morgan fingerprint density at radius 1 is 1.08 bits per heavy atom. The number of hydrogen-bond acceptors (Lipinski definition) is 3. The molecule has 4 aromatic rings. The Morgan fingerprint density at radius 3 is 2.58 bits per heavy atom. The molecule has 2 aromatic carbocycles. The number of imidazole rings is 1. The summed E-state index contributed by atoms with van der Waals surface area (Å²) in [6.45, 7) is 0. The zero-order valence-electron chi connectivity index (χ0n) is 13.8. The van der Waals surface area contributed by atoms with Crippen molar-refractivity contribution in [1.82, 2.24) is 15.3 Å². The second kappa shape index (κ2) is 7.17. The van der Waals surface area contributed by atoms with Gasteiger partial charge in [0.25, 0.3) is 5.91 Å². The Kier molecular flexibility index (Phi) is 4.58. The minimum absolute atomic E-state index is 0.256. The third-order valence-electron chi connectivity index (χ3n) is 4.12. The molecule has 2 N–H and O–H groups in total. The van der Waals surface area contributed by atoms with Crippen molar-refractivity contribution in [2.75, 3.05) is 0 Å². The first-order chi connectivity index (χ1) is 12.7. The van der Waals surface area contributed by atoms with Gasteiger partial charge in [-0.2, -0.15) is 0 Å². The Labute approximate surface area is 158 Å². The number of aromatic nitrogens is 2. The molecule has 0 aliphatic carbocycles. The van der Waals surface area contributed by atoms with Gasteiger partial charge in [-0.15, -0.1) is 0 Å². The Hall–Kier alpha value is -2.86. The summed E-state index contributed by atoms with van der Waals surface area (Å²) in [7, 11) is 0. The van der Waals surface area contributed by atoms with E-state index < -0.39 is 0 Å². The molecular weight excluding hydrogens is 394 g/mol. The fourth-order valence-corrected chi connectivity index (χ4v) is 3.18. The SMILES string of the molecule is O=C(N[C@@H](Cc1ccccc1)c1nc2ccccc2[nH]1)c1ccc(Br)o1. The third kappa shape index (κ3) is 3.55. The van der Waals surface area contributed by atoms with E-state index in [1.807, 2.05) is 54.6 Å². The van der Waals surface area contributed by atoms with Crippen LogP contribution < -0.4 is 5.32 Å². The van der Waals surface area contributed by atoms with Crippen LogP contribution in [0.25, 0.3) is 11.0 Å². The highest BCUT2D eigenvalue weighted by Crippen LogP contribution is 2.21. The highest BCUT2D eigenvalue weighted by atomic mass is 79.9. The molecule has 5 nitrogen and oxygen atoms in total. The summed E-state index contributed by atoms with van der Waals surface area (Å²) in [5, 5.41) is 3.03. The van der Waals surface area contributed by atoms with Crippen LogP contribution in [0.2, 0.25) is 0 Å². The van der Waals surface area contributed by atoms with Crippen molar-refractivity contribution in [3.8, 4) is 0 Å². The summed E-state index contributed by atoms with van der Waals surface area (Å²) in [5.74, 6) is 0.692. The maximum absolute atomic E-state index is 12.6. The first kappa shape index (κ1) is 16.6. The molecule has 4 rings (SSSR count). The molecule has 0 fully saturated rings. The van der Waals surface area contributed by atoms with Gasteiger partial charge in [-0.05, 0) is 52.2 Å². The molecule has 0 saturated heterocycles. The van der Waals surface area contributed by atoms with Crippen molar-refractivity contribution in [1.29, 1.82) is 0 Å². The Morgan fingerprint density at radius 2 is 1.85 bits per heavy atom. The summed E-state index contributed by atoms with van der Waals surface area (Å²) in [5.41, 5.74) is 2.92. The Balaban J connectivity index is 1.65. The predicted octanol–water partition coefficient (Wildman–Crippen LogP) is 4.63. The lowest BCUT2D eigenvalue weighted by molar-refractivity contribution is 0.0905. The van der Waals surface area contributed by atoms with Gasteiger partial charge in [0.2, 0.25) is 0 Å². The van der Waals surface area contributed by atoms with Gasteiger partial charge in [-0.1, -0.05) is 42.5 Å². The number of nitrogens with zero attached hydrogens (tertiary/aromatic N) is 1. The van der Waals surface area contributed by atoms with Gasteiger partial charge in [0.05, 0.1) is 17.1 Å². The first-order valence-corrected chi connectivity index (χ1v) is 9.03. The van der Waals surface area contributed by atoms with E-state index in [1.54, 1.807) is 12.1 Å². The van der Waals surface area contributed by atoms with Gasteiger partial charge < -0.3 is 14.7 Å². The van der Waals surface area contributed by atoms with Crippen molar-refractivity contribution in [3.05, 3.63) is 88.5 Å². The van der Waals surface area contributed by atoms with Crippen LogP contribution in [0, 0.1) is 0 Å². The predicted molar refractivity (Wildman–Crippen MR) is 103 cm³/mol. The third-order valence-corrected chi connectivity index (χ3v) is 4.55. The van der Waals surface area contributed by atoms with Gasteiger partial charge in [0, 0.05) is 0 Å². The smallest absolute Gasteiger partial charge is 0.287 e. The Bertz CT molecular complexity index is 1010. The second-order valence-electron chi connectivity index (χ2n) is 5.96. The fourth-order valence-electron chi connectivity index (χ4n) is 2.87. The van der Waals surface area contributed by atoms with Crippen molar-refractivity contribution < 1.29 is 9.21 Å². The molecule has 0 aliphatic rings. The topological polar surface area (TPSA) is 70.9 Å². The van der Waals surface area contributed by atoms with Crippen molar-refractivity contribution in [2.45, 2.75) is 12.5 Å². The maximum atomic E-state index is 12.6. The zero-order valence-corrected chi connectivity index (χ0v) is 15.4. The summed E-state index contributed by atoms with van der Waals surface area (Å²) in [6.07, 6.45) is 0.619. The minimum Gasteiger partial charge on any atom is -0.444 e. The number of fused-ring (bicyclic) bond motifs is 1. The van der Waals surface area contributed by atoms with Crippen molar-refractivity contribution >= 4 is 32.9 Å². The number of aromatic amines is 1. The molecule has 130 valence electrons. The molecule has 6 heteroatoms. The number of furan rings is 1. The van der Waals surface area contributed by atoms with Gasteiger partial charge in [-0.25, -0.2) is 4.98 Å². The number of amides is 1. The van der Waals surface area contributed by atoms with Crippen LogP contribution >= 0.6 is 15.9 Å². The van der Waals surface area contributed by atoms with Crippen LogP contribution in [-0.2, 0) is 6.42 Å². The summed E-state index contributed by atoms with van der Waals surface area (Å²) in [4.78, 5) is 20.5. The lowest BCUT2D eigenvalue weighted by atomic mass is 10.1. The number of halogens is 1. The van der Waals surface area contributed by atoms with E-state index in [1.165, 1.54) is 0 Å². The van der Waals surface area contributed by atoms with Gasteiger partial charge >= 0.3 is 0 Å². The van der Waals surface area contributed by atoms with Crippen LogP contribution in [0.4, 0.5) is 0 Å². The number of benzene rings is 2. The van der Waals surface area contributed by atoms with Crippen LogP contribution in [0.5, 0.6) is 0 Å². The molecule has 0 spiro atoms.